The fourth-order valence-electron chi connectivity index (χ4n) is 3.93. The van der Waals surface area contributed by atoms with Gasteiger partial charge in [0.15, 0.2) is 0 Å². The summed E-state index contributed by atoms with van der Waals surface area (Å²) < 4.78 is 18.6. The first-order valence-corrected chi connectivity index (χ1v) is 12.2. The summed E-state index contributed by atoms with van der Waals surface area (Å²) in [5, 5.41) is 0. The monoisotopic (exact) mass is 489 g/mol. The number of nitrogens with zero attached hydrogens (tertiary/aromatic N) is 3. The minimum absolute atomic E-state index is 0.0110. The molecule has 1 fully saturated rings. The Balaban J connectivity index is 1.51. The fourth-order valence-corrected chi connectivity index (χ4v) is 4.07. The van der Waals surface area contributed by atoms with E-state index in [-0.39, 0.29) is 29.6 Å². The highest BCUT2D eigenvalue weighted by atomic mass is 35.5. The van der Waals surface area contributed by atoms with Crippen LogP contribution in [-0.4, -0.2) is 79.5 Å². The van der Waals surface area contributed by atoms with Crippen molar-refractivity contribution in [3.05, 3.63) is 65.5 Å². The van der Waals surface area contributed by atoms with Crippen molar-refractivity contribution in [1.29, 1.82) is 0 Å². The van der Waals surface area contributed by atoms with Crippen LogP contribution >= 0.6 is 11.6 Å². The molecule has 0 aliphatic carbocycles. The van der Waals surface area contributed by atoms with Gasteiger partial charge in [-0.1, -0.05) is 12.1 Å². The lowest BCUT2D eigenvalue weighted by Gasteiger charge is -2.35. The molecule has 0 radical (unpaired) electrons. The topological polar surface area (TPSA) is 53.1 Å². The number of anilines is 1. The van der Waals surface area contributed by atoms with Gasteiger partial charge in [-0.25, -0.2) is 4.39 Å². The predicted octanol–water partition coefficient (Wildman–Crippen LogP) is 3.82. The van der Waals surface area contributed by atoms with E-state index < -0.39 is 0 Å². The van der Waals surface area contributed by atoms with Crippen molar-refractivity contribution in [1.82, 2.24) is 9.80 Å². The Labute approximate surface area is 206 Å². The van der Waals surface area contributed by atoms with Crippen molar-refractivity contribution in [3.8, 4) is 0 Å². The number of hydrogen-bond acceptors (Lipinski definition) is 4. The van der Waals surface area contributed by atoms with Crippen LogP contribution in [0.5, 0.6) is 0 Å². The van der Waals surface area contributed by atoms with Gasteiger partial charge in [0.25, 0.3) is 5.91 Å². The van der Waals surface area contributed by atoms with Gasteiger partial charge in [-0.3, -0.25) is 14.5 Å². The summed E-state index contributed by atoms with van der Waals surface area (Å²) in [5.41, 5.74) is 2.40. The van der Waals surface area contributed by atoms with E-state index in [4.69, 9.17) is 16.3 Å². The third-order valence-electron chi connectivity index (χ3n) is 5.90. The molecule has 0 atom stereocenters. The number of halogens is 2. The molecule has 1 saturated heterocycles. The SMILES string of the molecule is CC(C)OCCN(C(=O)CCl)c1ccc(C(=O)N2CCN(CCc3ccc(F)cc3)CC2)cc1. The second kappa shape index (κ2) is 12.8. The van der Waals surface area contributed by atoms with Gasteiger partial charge in [-0.2, -0.15) is 0 Å². The molecule has 1 heterocycles. The number of rotatable bonds is 10. The molecular formula is C26H33ClFN3O3. The number of ether oxygens (including phenoxy) is 1. The lowest BCUT2D eigenvalue weighted by Crippen LogP contribution is -2.49. The highest BCUT2D eigenvalue weighted by Crippen LogP contribution is 2.18. The van der Waals surface area contributed by atoms with E-state index in [1.165, 1.54) is 12.1 Å². The molecule has 3 rings (SSSR count). The molecule has 0 N–H and O–H groups in total. The van der Waals surface area contributed by atoms with E-state index in [9.17, 15) is 14.0 Å². The number of carbonyl (C=O) groups excluding carboxylic acids is 2. The fraction of sp³-hybridized carbons (Fsp3) is 0.462. The van der Waals surface area contributed by atoms with Gasteiger partial charge in [-0.05, 0) is 62.2 Å². The number of piperazine rings is 1. The Morgan fingerprint density at radius 1 is 1.03 bits per heavy atom. The average Bonchev–Trinajstić information content (AvgIpc) is 2.86. The van der Waals surface area contributed by atoms with Gasteiger partial charge in [0.2, 0.25) is 5.91 Å². The second-order valence-electron chi connectivity index (χ2n) is 8.66. The van der Waals surface area contributed by atoms with Crippen molar-refractivity contribution in [2.75, 3.05) is 56.7 Å². The number of alkyl halides is 1. The van der Waals surface area contributed by atoms with E-state index in [2.05, 4.69) is 4.90 Å². The first kappa shape index (κ1) is 26.1. The third kappa shape index (κ3) is 7.52. The van der Waals surface area contributed by atoms with Gasteiger partial charge in [0, 0.05) is 50.5 Å². The standard InChI is InChI=1S/C26H33ClFN3O3/c1-20(2)34-18-17-31(25(32)19-27)24-9-5-22(6-10-24)26(33)30-15-13-29(14-16-30)12-11-21-3-7-23(28)8-4-21/h3-10,20H,11-19H2,1-2H3. The van der Waals surface area contributed by atoms with Gasteiger partial charge in [-0.15, -0.1) is 11.6 Å². The molecule has 1 aliphatic rings. The summed E-state index contributed by atoms with van der Waals surface area (Å²) in [4.78, 5) is 31.0. The van der Waals surface area contributed by atoms with Crippen LogP contribution in [0.15, 0.2) is 48.5 Å². The van der Waals surface area contributed by atoms with Crippen LogP contribution in [0.1, 0.15) is 29.8 Å². The van der Waals surface area contributed by atoms with E-state index in [1.54, 1.807) is 29.2 Å². The maximum absolute atomic E-state index is 13.1. The zero-order chi connectivity index (χ0) is 24.5. The van der Waals surface area contributed by atoms with Gasteiger partial charge in [0.05, 0.1) is 12.7 Å². The van der Waals surface area contributed by atoms with Crippen molar-refractivity contribution >= 4 is 29.1 Å². The van der Waals surface area contributed by atoms with Crippen LogP contribution in [0.2, 0.25) is 0 Å². The molecule has 6 nitrogen and oxygen atoms in total. The zero-order valence-corrected chi connectivity index (χ0v) is 20.6. The molecule has 2 aromatic rings. The van der Waals surface area contributed by atoms with E-state index in [1.807, 2.05) is 30.9 Å². The molecule has 184 valence electrons. The van der Waals surface area contributed by atoms with Crippen LogP contribution in [-0.2, 0) is 16.0 Å². The van der Waals surface area contributed by atoms with Crippen molar-refractivity contribution in [2.24, 2.45) is 0 Å². The summed E-state index contributed by atoms with van der Waals surface area (Å²) in [6.07, 6.45) is 0.937. The highest BCUT2D eigenvalue weighted by molar-refractivity contribution is 6.29. The summed E-state index contributed by atoms with van der Waals surface area (Å²) in [6.45, 7) is 8.51. The van der Waals surface area contributed by atoms with Crippen LogP contribution in [0.3, 0.4) is 0 Å². The molecule has 1 aliphatic heterocycles. The smallest absolute Gasteiger partial charge is 0.253 e. The quantitative estimate of drug-likeness (QED) is 0.476. The van der Waals surface area contributed by atoms with Crippen LogP contribution in [0.4, 0.5) is 10.1 Å². The van der Waals surface area contributed by atoms with E-state index >= 15 is 0 Å². The summed E-state index contributed by atoms with van der Waals surface area (Å²) in [6, 6.07) is 13.7. The summed E-state index contributed by atoms with van der Waals surface area (Å²) in [5.74, 6) is -0.552. The molecule has 2 amide bonds. The van der Waals surface area contributed by atoms with Gasteiger partial charge < -0.3 is 14.5 Å². The molecule has 0 bridgehead atoms. The lowest BCUT2D eigenvalue weighted by atomic mass is 10.1. The minimum Gasteiger partial charge on any atom is -0.377 e. The average molecular weight is 490 g/mol. The molecule has 0 aromatic heterocycles. The third-order valence-corrected chi connectivity index (χ3v) is 6.13. The van der Waals surface area contributed by atoms with Gasteiger partial charge in [0.1, 0.15) is 11.7 Å². The Hall–Kier alpha value is -2.48. The Morgan fingerprint density at radius 2 is 1.68 bits per heavy atom. The second-order valence-corrected chi connectivity index (χ2v) is 8.92. The largest absolute Gasteiger partial charge is 0.377 e. The first-order valence-electron chi connectivity index (χ1n) is 11.7. The maximum atomic E-state index is 13.1. The molecule has 0 saturated carbocycles. The summed E-state index contributed by atoms with van der Waals surface area (Å²) in [7, 11) is 0. The van der Waals surface area contributed by atoms with Crippen LogP contribution in [0, 0.1) is 5.82 Å². The molecule has 2 aromatic carbocycles. The predicted molar refractivity (Wildman–Crippen MR) is 133 cm³/mol. The van der Waals surface area contributed by atoms with Crippen LogP contribution in [0.25, 0.3) is 0 Å². The molecule has 34 heavy (non-hydrogen) atoms. The van der Waals surface area contributed by atoms with Crippen molar-refractivity contribution in [2.45, 2.75) is 26.4 Å². The van der Waals surface area contributed by atoms with Crippen molar-refractivity contribution in [3.63, 3.8) is 0 Å². The molecule has 0 unspecified atom stereocenters. The van der Waals surface area contributed by atoms with Crippen LogP contribution < -0.4 is 4.90 Å². The lowest BCUT2D eigenvalue weighted by molar-refractivity contribution is -0.116. The number of benzene rings is 2. The minimum atomic E-state index is -0.220. The van der Waals surface area contributed by atoms with Gasteiger partial charge >= 0.3 is 0 Å². The number of carbonyl (C=O) groups is 2. The molecule has 0 spiro atoms. The normalized spacial score (nSPS) is 14.4. The maximum Gasteiger partial charge on any atom is 0.253 e. The zero-order valence-electron chi connectivity index (χ0n) is 19.9. The molecular weight excluding hydrogens is 457 g/mol. The number of amides is 2. The van der Waals surface area contributed by atoms with E-state index in [0.29, 0.717) is 37.5 Å². The Bertz CT molecular complexity index is 929. The Kier molecular flexibility index (Phi) is 9.86. The van der Waals surface area contributed by atoms with Crippen molar-refractivity contribution < 1.29 is 18.7 Å². The molecule has 8 heteroatoms. The Morgan fingerprint density at radius 3 is 2.26 bits per heavy atom. The van der Waals surface area contributed by atoms with E-state index in [0.717, 1.165) is 31.6 Å². The number of hydrogen-bond donors (Lipinski definition) is 0. The highest BCUT2D eigenvalue weighted by Gasteiger charge is 2.22. The summed E-state index contributed by atoms with van der Waals surface area (Å²) >= 11 is 5.78. The first-order chi connectivity index (χ1) is 16.4.